The van der Waals surface area contributed by atoms with E-state index >= 15 is 0 Å². The maximum absolute atomic E-state index is 12.6. The smallest absolute Gasteiger partial charge is 0.251 e. The number of aryl methyl sites for hydroxylation is 1. The number of fused-ring (bicyclic) bond motifs is 2. The van der Waals surface area contributed by atoms with Gasteiger partial charge in [-0.3, -0.25) is 4.79 Å². The van der Waals surface area contributed by atoms with Gasteiger partial charge >= 0.3 is 0 Å². The molecule has 120 valence electrons. The van der Waals surface area contributed by atoms with Crippen molar-refractivity contribution in [3.8, 4) is 11.5 Å². The lowest BCUT2D eigenvalue weighted by atomic mass is 9.99. The van der Waals surface area contributed by atoms with Crippen LogP contribution in [0.4, 0.5) is 0 Å². The highest BCUT2D eigenvalue weighted by Crippen LogP contribution is 2.31. The molecule has 2 aliphatic heterocycles. The minimum Gasteiger partial charge on any atom is -0.493 e. The number of amides is 1. The number of ether oxygens (including phenoxy) is 2. The summed E-state index contributed by atoms with van der Waals surface area (Å²) in [5.74, 6) is 1.21. The highest BCUT2D eigenvalue weighted by Gasteiger charge is 2.34. The topological polar surface area (TPSA) is 59.6 Å². The molecule has 0 aliphatic carbocycles. The number of hydrogen-bond donors (Lipinski definition) is 2. The summed E-state index contributed by atoms with van der Waals surface area (Å²) in [5, 5.41) is 6.78. The second kappa shape index (κ2) is 6.16. The molecule has 2 unspecified atom stereocenters. The standard InChI is InChI=1S/C17H24N2O3/c1-10-6-15(21-2)16(22-3)9-14(10)17(20)19-13-7-11-4-5-12(8-13)18-11/h6,9,11-13,18H,4-5,7-8H2,1-3H3,(H,19,20). The van der Waals surface area contributed by atoms with E-state index in [-0.39, 0.29) is 11.9 Å². The molecule has 5 nitrogen and oxygen atoms in total. The Morgan fingerprint density at radius 1 is 1.14 bits per heavy atom. The number of carbonyl (C=O) groups excluding carboxylic acids is 1. The van der Waals surface area contributed by atoms with Gasteiger partial charge in [-0.1, -0.05) is 0 Å². The van der Waals surface area contributed by atoms with E-state index in [1.807, 2.05) is 13.0 Å². The van der Waals surface area contributed by atoms with Gasteiger partial charge in [0, 0.05) is 23.7 Å². The van der Waals surface area contributed by atoms with Gasteiger partial charge in [0.1, 0.15) is 0 Å². The first kappa shape index (κ1) is 15.2. The molecule has 1 aromatic carbocycles. The van der Waals surface area contributed by atoms with Crippen molar-refractivity contribution in [2.75, 3.05) is 14.2 Å². The van der Waals surface area contributed by atoms with Gasteiger partial charge < -0.3 is 20.1 Å². The average molecular weight is 304 g/mol. The van der Waals surface area contributed by atoms with Crippen molar-refractivity contribution >= 4 is 5.91 Å². The number of carbonyl (C=O) groups is 1. The van der Waals surface area contributed by atoms with Crippen LogP contribution in [0.25, 0.3) is 0 Å². The van der Waals surface area contributed by atoms with Crippen molar-refractivity contribution in [1.29, 1.82) is 0 Å². The van der Waals surface area contributed by atoms with Gasteiger partial charge in [0.05, 0.1) is 14.2 Å². The van der Waals surface area contributed by atoms with Crippen LogP contribution < -0.4 is 20.1 Å². The molecule has 5 heteroatoms. The van der Waals surface area contributed by atoms with Crippen LogP contribution in [0, 0.1) is 6.92 Å². The number of nitrogens with one attached hydrogen (secondary N) is 2. The van der Waals surface area contributed by atoms with Crippen LogP contribution in [0.3, 0.4) is 0 Å². The van der Waals surface area contributed by atoms with Crippen LogP contribution >= 0.6 is 0 Å². The van der Waals surface area contributed by atoms with Gasteiger partial charge in [-0.05, 0) is 50.3 Å². The molecule has 2 atom stereocenters. The summed E-state index contributed by atoms with van der Waals surface area (Å²) >= 11 is 0. The molecule has 1 amide bonds. The molecule has 2 bridgehead atoms. The van der Waals surface area contributed by atoms with E-state index in [1.165, 1.54) is 12.8 Å². The predicted molar refractivity (Wildman–Crippen MR) is 84.7 cm³/mol. The molecule has 2 heterocycles. The second-order valence-electron chi connectivity index (χ2n) is 6.30. The summed E-state index contributed by atoms with van der Waals surface area (Å²) in [5.41, 5.74) is 1.55. The van der Waals surface area contributed by atoms with Crippen molar-refractivity contribution in [3.63, 3.8) is 0 Å². The maximum atomic E-state index is 12.6. The SMILES string of the molecule is COc1cc(C)c(C(=O)NC2CC3CCC(C2)N3)cc1OC. The first-order valence-corrected chi connectivity index (χ1v) is 7.90. The molecule has 0 spiro atoms. The zero-order chi connectivity index (χ0) is 15.7. The summed E-state index contributed by atoms with van der Waals surface area (Å²) < 4.78 is 10.6. The Balaban J connectivity index is 1.74. The number of methoxy groups -OCH3 is 2. The third-order valence-corrected chi connectivity index (χ3v) is 4.78. The zero-order valence-corrected chi connectivity index (χ0v) is 13.4. The maximum Gasteiger partial charge on any atom is 0.251 e. The van der Waals surface area contributed by atoms with Crippen LogP contribution in [0.5, 0.6) is 11.5 Å². The first-order chi connectivity index (χ1) is 10.6. The van der Waals surface area contributed by atoms with Crippen molar-refractivity contribution in [2.45, 2.75) is 50.7 Å². The first-order valence-electron chi connectivity index (χ1n) is 7.90. The van der Waals surface area contributed by atoms with Crippen molar-refractivity contribution in [2.24, 2.45) is 0 Å². The normalized spacial score (nSPS) is 26.6. The number of benzene rings is 1. The molecule has 22 heavy (non-hydrogen) atoms. The molecule has 2 saturated heterocycles. The lowest BCUT2D eigenvalue weighted by molar-refractivity contribution is 0.0923. The van der Waals surface area contributed by atoms with E-state index in [2.05, 4.69) is 10.6 Å². The number of rotatable bonds is 4. The quantitative estimate of drug-likeness (QED) is 0.893. The molecule has 0 aromatic heterocycles. The Morgan fingerprint density at radius 3 is 2.32 bits per heavy atom. The van der Waals surface area contributed by atoms with Crippen LogP contribution in [0.2, 0.25) is 0 Å². The van der Waals surface area contributed by atoms with Gasteiger partial charge in [-0.2, -0.15) is 0 Å². The van der Waals surface area contributed by atoms with Crippen LogP contribution in [0.1, 0.15) is 41.6 Å². The Labute approximate surface area is 131 Å². The fraction of sp³-hybridized carbons (Fsp3) is 0.588. The number of hydrogen-bond acceptors (Lipinski definition) is 4. The summed E-state index contributed by atoms with van der Waals surface area (Å²) in [7, 11) is 3.18. The fourth-order valence-corrected chi connectivity index (χ4v) is 3.66. The van der Waals surface area contributed by atoms with Crippen molar-refractivity contribution in [3.05, 3.63) is 23.3 Å². The largest absolute Gasteiger partial charge is 0.493 e. The summed E-state index contributed by atoms with van der Waals surface area (Å²) in [6, 6.07) is 5.00. The van der Waals surface area contributed by atoms with E-state index in [9.17, 15) is 4.79 Å². The Bertz CT molecular complexity index is 561. The zero-order valence-electron chi connectivity index (χ0n) is 13.4. The molecule has 3 rings (SSSR count). The summed E-state index contributed by atoms with van der Waals surface area (Å²) in [4.78, 5) is 12.6. The highest BCUT2D eigenvalue weighted by atomic mass is 16.5. The molecular formula is C17H24N2O3. The highest BCUT2D eigenvalue weighted by molar-refractivity contribution is 5.96. The average Bonchev–Trinajstić information content (AvgIpc) is 2.85. The minimum atomic E-state index is -0.0234. The molecule has 2 fully saturated rings. The van der Waals surface area contributed by atoms with E-state index in [1.54, 1.807) is 20.3 Å². The second-order valence-corrected chi connectivity index (χ2v) is 6.30. The summed E-state index contributed by atoms with van der Waals surface area (Å²) in [6.07, 6.45) is 4.50. The number of piperidine rings is 1. The van der Waals surface area contributed by atoms with Crippen LogP contribution in [-0.4, -0.2) is 38.3 Å². The van der Waals surface area contributed by atoms with Gasteiger partial charge in [0.25, 0.3) is 5.91 Å². The molecular weight excluding hydrogens is 280 g/mol. The van der Waals surface area contributed by atoms with Gasteiger partial charge in [0.15, 0.2) is 11.5 Å². The van der Waals surface area contributed by atoms with E-state index < -0.39 is 0 Å². The third-order valence-electron chi connectivity index (χ3n) is 4.78. The van der Waals surface area contributed by atoms with E-state index in [0.29, 0.717) is 29.1 Å². The van der Waals surface area contributed by atoms with Gasteiger partial charge in [-0.25, -0.2) is 0 Å². The van der Waals surface area contributed by atoms with Crippen molar-refractivity contribution < 1.29 is 14.3 Å². The summed E-state index contributed by atoms with van der Waals surface area (Å²) in [6.45, 7) is 1.92. The van der Waals surface area contributed by atoms with E-state index in [0.717, 1.165) is 18.4 Å². The molecule has 0 saturated carbocycles. The molecule has 1 aromatic rings. The Hall–Kier alpha value is -1.75. The van der Waals surface area contributed by atoms with Gasteiger partial charge in [-0.15, -0.1) is 0 Å². The van der Waals surface area contributed by atoms with E-state index in [4.69, 9.17) is 9.47 Å². The monoisotopic (exact) mass is 304 g/mol. The third kappa shape index (κ3) is 2.90. The van der Waals surface area contributed by atoms with Crippen LogP contribution in [-0.2, 0) is 0 Å². The Kier molecular flexibility index (Phi) is 4.25. The lowest BCUT2D eigenvalue weighted by Gasteiger charge is -2.30. The molecule has 2 N–H and O–H groups in total. The molecule has 0 radical (unpaired) electrons. The fourth-order valence-electron chi connectivity index (χ4n) is 3.66. The Morgan fingerprint density at radius 2 is 1.73 bits per heavy atom. The minimum absolute atomic E-state index is 0.0234. The van der Waals surface area contributed by atoms with Crippen LogP contribution in [0.15, 0.2) is 12.1 Å². The van der Waals surface area contributed by atoms with Crippen molar-refractivity contribution in [1.82, 2.24) is 10.6 Å². The van der Waals surface area contributed by atoms with Gasteiger partial charge in [0.2, 0.25) is 0 Å². The molecule has 2 aliphatic rings. The predicted octanol–water partition coefficient (Wildman–Crippen LogP) is 2.03. The lowest BCUT2D eigenvalue weighted by Crippen LogP contribution is -2.48.